The maximum absolute atomic E-state index is 12.1. The zero-order chi connectivity index (χ0) is 12.3. The Morgan fingerprint density at radius 2 is 2.25 bits per heavy atom. The number of rotatable bonds is 4. The topological polar surface area (TPSA) is 69.6 Å². The van der Waals surface area contributed by atoms with E-state index in [1.807, 2.05) is 25.7 Å². The fourth-order valence-electron chi connectivity index (χ4n) is 2.12. The Balaban J connectivity index is 2.64. The second kappa shape index (κ2) is 4.82. The van der Waals surface area contributed by atoms with Crippen molar-refractivity contribution in [2.45, 2.75) is 45.2 Å². The van der Waals surface area contributed by atoms with Crippen molar-refractivity contribution in [2.24, 2.45) is 0 Å². The van der Waals surface area contributed by atoms with Crippen LogP contribution in [0.5, 0.6) is 0 Å². The van der Waals surface area contributed by atoms with Gasteiger partial charge in [-0.1, -0.05) is 0 Å². The van der Waals surface area contributed by atoms with Crippen LogP contribution in [-0.4, -0.2) is 46.6 Å². The summed E-state index contributed by atoms with van der Waals surface area (Å²) in [4.78, 5) is 24.3. The Morgan fingerprint density at radius 1 is 1.62 bits per heavy atom. The highest BCUT2D eigenvalue weighted by molar-refractivity contribution is 5.84. The van der Waals surface area contributed by atoms with E-state index in [1.54, 1.807) is 0 Å². The summed E-state index contributed by atoms with van der Waals surface area (Å²) in [7, 11) is 0. The minimum Gasteiger partial charge on any atom is -0.481 e. The van der Waals surface area contributed by atoms with Crippen LogP contribution in [0.15, 0.2) is 0 Å². The van der Waals surface area contributed by atoms with Gasteiger partial charge in [-0.2, -0.15) is 0 Å². The number of hydrogen-bond donors (Lipinski definition) is 2. The second-order valence-corrected chi connectivity index (χ2v) is 4.76. The highest BCUT2D eigenvalue weighted by Crippen LogP contribution is 2.20. The molecule has 1 amide bonds. The third-order valence-corrected chi connectivity index (χ3v) is 3.04. The number of carbonyl (C=O) groups is 2. The maximum Gasteiger partial charge on any atom is 0.303 e. The van der Waals surface area contributed by atoms with E-state index in [1.165, 1.54) is 0 Å². The van der Waals surface area contributed by atoms with E-state index < -0.39 is 5.97 Å². The summed E-state index contributed by atoms with van der Waals surface area (Å²) in [6.45, 7) is 7.33. The van der Waals surface area contributed by atoms with E-state index in [0.29, 0.717) is 19.5 Å². The van der Waals surface area contributed by atoms with E-state index in [-0.39, 0.29) is 23.9 Å². The van der Waals surface area contributed by atoms with Crippen molar-refractivity contribution in [1.29, 1.82) is 0 Å². The molecule has 2 N–H and O–H groups in total. The smallest absolute Gasteiger partial charge is 0.303 e. The number of nitrogens with zero attached hydrogens (tertiary/aromatic N) is 1. The molecular formula is C11H20N2O3. The lowest BCUT2D eigenvalue weighted by molar-refractivity contribution is -0.143. The van der Waals surface area contributed by atoms with Crippen molar-refractivity contribution < 1.29 is 14.7 Å². The summed E-state index contributed by atoms with van der Waals surface area (Å²) in [5.74, 6) is -0.845. The molecule has 1 aliphatic rings. The molecule has 16 heavy (non-hydrogen) atoms. The zero-order valence-electron chi connectivity index (χ0n) is 10.1. The van der Waals surface area contributed by atoms with Crippen LogP contribution in [0.3, 0.4) is 0 Å². The Bertz CT molecular complexity index is 289. The zero-order valence-corrected chi connectivity index (χ0v) is 10.1. The third kappa shape index (κ3) is 2.72. The minimum absolute atomic E-state index is 0.0139. The number of piperazine rings is 1. The van der Waals surface area contributed by atoms with E-state index in [4.69, 9.17) is 5.11 Å². The number of nitrogens with one attached hydrogen (secondary N) is 1. The number of hydrogen-bond acceptors (Lipinski definition) is 3. The fraction of sp³-hybridized carbons (Fsp3) is 0.818. The molecule has 0 aliphatic carbocycles. The first-order chi connectivity index (χ1) is 7.38. The number of aliphatic carboxylic acids is 1. The van der Waals surface area contributed by atoms with Gasteiger partial charge < -0.3 is 15.3 Å². The predicted molar refractivity (Wildman–Crippen MR) is 60.1 cm³/mol. The third-order valence-electron chi connectivity index (χ3n) is 3.04. The van der Waals surface area contributed by atoms with Gasteiger partial charge >= 0.3 is 5.97 Å². The average molecular weight is 228 g/mol. The Labute approximate surface area is 95.8 Å². The van der Waals surface area contributed by atoms with E-state index >= 15 is 0 Å². The van der Waals surface area contributed by atoms with Crippen LogP contribution in [0.25, 0.3) is 0 Å². The predicted octanol–water partition coefficient (Wildman–Crippen LogP) is 0.450. The molecule has 0 aromatic rings. The molecule has 92 valence electrons. The van der Waals surface area contributed by atoms with E-state index in [2.05, 4.69) is 5.32 Å². The minimum atomic E-state index is -0.859. The number of carboxylic acids is 1. The summed E-state index contributed by atoms with van der Waals surface area (Å²) in [6.07, 6.45) is 0.391. The molecule has 1 fully saturated rings. The van der Waals surface area contributed by atoms with Crippen LogP contribution in [-0.2, 0) is 9.59 Å². The van der Waals surface area contributed by atoms with Crippen LogP contribution in [0.2, 0.25) is 0 Å². The summed E-state index contributed by atoms with van der Waals surface area (Å²) in [5, 5.41) is 11.7. The van der Waals surface area contributed by atoms with Gasteiger partial charge in [-0.15, -0.1) is 0 Å². The molecular weight excluding hydrogens is 208 g/mol. The summed E-state index contributed by atoms with van der Waals surface area (Å²) in [5.41, 5.74) is -0.189. The highest BCUT2D eigenvalue weighted by atomic mass is 16.4. The molecule has 1 unspecified atom stereocenters. The highest BCUT2D eigenvalue weighted by Gasteiger charge is 2.38. The monoisotopic (exact) mass is 228 g/mol. The molecule has 1 rings (SSSR count). The van der Waals surface area contributed by atoms with Gasteiger partial charge in [0.2, 0.25) is 5.91 Å². The molecule has 0 radical (unpaired) electrons. The molecule has 1 saturated heterocycles. The number of carboxylic acid groups (broad SMARTS) is 1. The number of likely N-dealkylation sites (N-methyl/N-ethyl adjacent to an activating group) is 1. The Hall–Kier alpha value is -1.10. The quantitative estimate of drug-likeness (QED) is 0.733. The van der Waals surface area contributed by atoms with Gasteiger partial charge in [0, 0.05) is 25.0 Å². The van der Waals surface area contributed by atoms with Crippen LogP contribution >= 0.6 is 0 Å². The van der Waals surface area contributed by atoms with Crippen molar-refractivity contribution in [3.05, 3.63) is 0 Å². The van der Waals surface area contributed by atoms with Crippen molar-refractivity contribution in [3.8, 4) is 0 Å². The van der Waals surface area contributed by atoms with Crippen molar-refractivity contribution >= 4 is 11.9 Å². The van der Waals surface area contributed by atoms with Crippen LogP contribution < -0.4 is 5.32 Å². The average Bonchev–Trinajstić information content (AvgIpc) is 2.16. The summed E-state index contributed by atoms with van der Waals surface area (Å²) in [6, 6.07) is -0.343. The molecule has 0 spiro atoms. The molecule has 0 saturated carbocycles. The van der Waals surface area contributed by atoms with Crippen molar-refractivity contribution in [1.82, 2.24) is 10.2 Å². The van der Waals surface area contributed by atoms with Crippen LogP contribution in [0.4, 0.5) is 0 Å². The first kappa shape index (κ1) is 13.0. The van der Waals surface area contributed by atoms with Gasteiger partial charge in [-0.25, -0.2) is 0 Å². The SMILES string of the molecule is CCN1C(=O)C(CCC(=O)O)NCC1(C)C. The molecule has 5 nitrogen and oxygen atoms in total. The van der Waals surface area contributed by atoms with Gasteiger partial charge in [0.25, 0.3) is 0 Å². The summed E-state index contributed by atoms with van der Waals surface area (Å²) < 4.78 is 0. The van der Waals surface area contributed by atoms with Crippen LogP contribution in [0.1, 0.15) is 33.6 Å². The first-order valence-electron chi connectivity index (χ1n) is 5.65. The largest absolute Gasteiger partial charge is 0.481 e. The van der Waals surface area contributed by atoms with Gasteiger partial charge in [0.05, 0.1) is 6.04 Å². The molecule has 0 bridgehead atoms. The van der Waals surface area contributed by atoms with Crippen LogP contribution in [0, 0.1) is 0 Å². The Kier molecular flexibility index (Phi) is 3.91. The molecule has 5 heteroatoms. The van der Waals surface area contributed by atoms with Crippen molar-refractivity contribution in [3.63, 3.8) is 0 Å². The van der Waals surface area contributed by atoms with Gasteiger partial charge in [0.1, 0.15) is 0 Å². The lowest BCUT2D eigenvalue weighted by atomic mass is 9.95. The standard InChI is InChI=1S/C11H20N2O3/c1-4-13-10(16)8(5-6-9(14)15)12-7-11(13,2)3/h8,12H,4-7H2,1-3H3,(H,14,15). The maximum atomic E-state index is 12.1. The molecule has 1 heterocycles. The lowest BCUT2D eigenvalue weighted by Crippen LogP contribution is -2.65. The first-order valence-corrected chi connectivity index (χ1v) is 5.65. The van der Waals surface area contributed by atoms with Crippen molar-refractivity contribution in [2.75, 3.05) is 13.1 Å². The lowest BCUT2D eigenvalue weighted by Gasteiger charge is -2.45. The van der Waals surface area contributed by atoms with Gasteiger partial charge in [-0.3, -0.25) is 9.59 Å². The molecule has 1 atom stereocenters. The normalized spacial score (nSPS) is 24.6. The van der Waals surface area contributed by atoms with E-state index in [9.17, 15) is 9.59 Å². The number of amides is 1. The number of carbonyl (C=O) groups excluding carboxylic acids is 1. The van der Waals surface area contributed by atoms with Gasteiger partial charge in [0.15, 0.2) is 0 Å². The Morgan fingerprint density at radius 3 is 2.75 bits per heavy atom. The second-order valence-electron chi connectivity index (χ2n) is 4.76. The van der Waals surface area contributed by atoms with Gasteiger partial charge in [-0.05, 0) is 27.2 Å². The van der Waals surface area contributed by atoms with E-state index in [0.717, 1.165) is 0 Å². The molecule has 0 aromatic heterocycles. The molecule has 1 aliphatic heterocycles. The summed E-state index contributed by atoms with van der Waals surface area (Å²) >= 11 is 0. The fourth-order valence-corrected chi connectivity index (χ4v) is 2.12. The molecule has 0 aromatic carbocycles.